The van der Waals surface area contributed by atoms with Crippen LogP contribution in [0.5, 0.6) is 5.75 Å². The molecule has 0 aliphatic carbocycles. The van der Waals surface area contributed by atoms with E-state index in [1.807, 2.05) is 24.3 Å². The molecule has 3 aromatic rings. The van der Waals surface area contributed by atoms with E-state index in [0.717, 1.165) is 25.4 Å². The number of likely N-dealkylation sites (N-methyl/N-ethyl adjacent to an activating group) is 1. The fourth-order valence-corrected chi connectivity index (χ4v) is 3.63. The smallest absolute Gasteiger partial charge is 0.140 e. The van der Waals surface area contributed by atoms with Gasteiger partial charge in [-0.25, -0.2) is 4.39 Å². The first-order valence-electron chi connectivity index (χ1n) is 10.2. The third kappa shape index (κ3) is 5.01. The van der Waals surface area contributed by atoms with Crippen LogP contribution in [0.2, 0.25) is 5.02 Å². The number of hydrogen-bond acceptors (Lipinski definition) is 3. The zero-order valence-electron chi connectivity index (χ0n) is 17.3. The normalized spacial score (nSPS) is 13.3. The topological polar surface area (TPSA) is 32.7 Å². The summed E-state index contributed by atoms with van der Waals surface area (Å²) in [4.78, 5) is 2.29. The second-order valence-electron chi connectivity index (χ2n) is 7.12. The molecular formula is C25H27ClFNO2. The predicted molar refractivity (Wildman–Crippen MR) is 120 cm³/mol. The van der Waals surface area contributed by atoms with Crippen molar-refractivity contribution in [1.29, 1.82) is 0 Å². The summed E-state index contributed by atoms with van der Waals surface area (Å²) in [5.74, 6) is 0.387. The van der Waals surface area contributed by atoms with Gasteiger partial charge in [0, 0.05) is 11.6 Å². The zero-order chi connectivity index (χ0) is 21.6. The van der Waals surface area contributed by atoms with E-state index in [9.17, 15) is 9.50 Å². The van der Waals surface area contributed by atoms with Gasteiger partial charge >= 0.3 is 0 Å². The van der Waals surface area contributed by atoms with Gasteiger partial charge in [-0.3, -0.25) is 0 Å². The fourth-order valence-electron chi connectivity index (χ4n) is 3.51. The first-order chi connectivity index (χ1) is 14.5. The summed E-state index contributed by atoms with van der Waals surface area (Å²) in [6, 6.07) is 20.3. The van der Waals surface area contributed by atoms with Crippen LogP contribution in [0.15, 0.2) is 72.8 Å². The second kappa shape index (κ2) is 10.1. The van der Waals surface area contributed by atoms with Crippen molar-refractivity contribution in [1.82, 2.24) is 4.90 Å². The number of aliphatic hydroxyl groups is 1. The first kappa shape index (κ1) is 22.3. The number of halogens is 2. The molecule has 3 aromatic carbocycles. The summed E-state index contributed by atoms with van der Waals surface area (Å²) in [6.45, 7) is 7.70. The highest BCUT2D eigenvalue weighted by Gasteiger charge is 2.33. The van der Waals surface area contributed by atoms with E-state index in [-0.39, 0.29) is 5.82 Å². The maximum absolute atomic E-state index is 13.5. The Labute approximate surface area is 182 Å². The van der Waals surface area contributed by atoms with Crippen molar-refractivity contribution in [2.24, 2.45) is 0 Å². The highest BCUT2D eigenvalue weighted by molar-refractivity contribution is 6.30. The molecule has 0 saturated heterocycles. The summed E-state index contributed by atoms with van der Waals surface area (Å²) < 4.78 is 19.4. The van der Waals surface area contributed by atoms with Crippen molar-refractivity contribution in [3.63, 3.8) is 0 Å². The maximum Gasteiger partial charge on any atom is 0.140 e. The van der Waals surface area contributed by atoms with E-state index in [0.29, 0.717) is 28.3 Å². The molecule has 0 amide bonds. The van der Waals surface area contributed by atoms with E-state index in [4.69, 9.17) is 16.3 Å². The number of ether oxygens (including phenoxy) is 1. The van der Waals surface area contributed by atoms with Crippen LogP contribution in [0.1, 0.15) is 30.5 Å². The monoisotopic (exact) mass is 427 g/mol. The van der Waals surface area contributed by atoms with Crippen molar-refractivity contribution in [2.45, 2.75) is 19.4 Å². The van der Waals surface area contributed by atoms with Crippen molar-refractivity contribution in [3.8, 4) is 5.75 Å². The Balaban J connectivity index is 1.88. The minimum atomic E-state index is -1.45. The van der Waals surface area contributed by atoms with Gasteiger partial charge in [-0.15, -0.1) is 0 Å². The van der Waals surface area contributed by atoms with Gasteiger partial charge in [0.15, 0.2) is 0 Å². The van der Waals surface area contributed by atoms with Crippen LogP contribution in [0.4, 0.5) is 4.39 Å². The molecule has 1 unspecified atom stereocenters. The van der Waals surface area contributed by atoms with Gasteiger partial charge in [0.1, 0.15) is 23.8 Å². The van der Waals surface area contributed by atoms with Crippen LogP contribution in [0.3, 0.4) is 0 Å². The summed E-state index contributed by atoms with van der Waals surface area (Å²) >= 11 is 6.04. The van der Waals surface area contributed by atoms with E-state index in [2.05, 4.69) is 18.7 Å². The van der Waals surface area contributed by atoms with Crippen molar-refractivity contribution in [3.05, 3.63) is 100 Å². The van der Waals surface area contributed by atoms with Crippen molar-refractivity contribution >= 4 is 11.6 Å². The van der Waals surface area contributed by atoms with Crippen LogP contribution >= 0.6 is 11.6 Å². The van der Waals surface area contributed by atoms with Gasteiger partial charge in [0.05, 0.1) is 0 Å². The number of nitrogens with zero attached hydrogens (tertiary/aromatic N) is 1. The molecular weight excluding hydrogens is 401 g/mol. The zero-order valence-corrected chi connectivity index (χ0v) is 18.1. The van der Waals surface area contributed by atoms with Crippen LogP contribution in [0.25, 0.3) is 0 Å². The molecule has 158 valence electrons. The summed E-state index contributed by atoms with van der Waals surface area (Å²) in [5.41, 5.74) is 0.431. The van der Waals surface area contributed by atoms with Crippen LogP contribution in [-0.2, 0) is 5.60 Å². The van der Waals surface area contributed by atoms with Crippen LogP contribution in [-0.4, -0.2) is 36.2 Å². The van der Waals surface area contributed by atoms with E-state index in [1.165, 1.54) is 12.1 Å². The third-order valence-electron chi connectivity index (χ3n) is 5.37. The third-order valence-corrected chi connectivity index (χ3v) is 5.62. The fraction of sp³-hybridized carbons (Fsp3) is 0.280. The molecule has 0 radical (unpaired) electrons. The lowest BCUT2D eigenvalue weighted by Gasteiger charge is -2.30. The van der Waals surface area contributed by atoms with Gasteiger partial charge in [-0.05, 0) is 66.2 Å². The largest absolute Gasteiger partial charge is 0.492 e. The number of hydrogen-bond donors (Lipinski definition) is 1. The Morgan fingerprint density at radius 3 is 1.80 bits per heavy atom. The molecule has 0 heterocycles. The van der Waals surface area contributed by atoms with Gasteiger partial charge in [0.2, 0.25) is 0 Å². The van der Waals surface area contributed by atoms with Crippen molar-refractivity contribution in [2.75, 3.05) is 26.2 Å². The molecule has 0 bridgehead atoms. The molecule has 3 rings (SSSR count). The highest BCUT2D eigenvalue weighted by atomic mass is 35.5. The standard InChI is InChI=1S/C25H27ClFNO2/c1-3-28(4-2)17-18-30-24-15-9-21(10-16-24)25(29,19-5-11-22(26)12-6-19)20-7-13-23(27)14-8-20/h5-16,29H,3-4,17-18H2,1-2H3. The van der Waals surface area contributed by atoms with Gasteiger partial charge < -0.3 is 14.7 Å². The van der Waals surface area contributed by atoms with E-state index >= 15 is 0 Å². The SMILES string of the molecule is CCN(CC)CCOc1ccc(C(O)(c2ccc(F)cc2)c2ccc(Cl)cc2)cc1. The lowest BCUT2D eigenvalue weighted by atomic mass is 9.80. The number of benzene rings is 3. The summed E-state index contributed by atoms with van der Waals surface area (Å²) in [5, 5.41) is 12.4. The number of rotatable bonds is 9. The van der Waals surface area contributed by atoms with E-state index < -0.39 is 5.60 Å². The average Bonchev–Trinajstić information content (AvgIpc) is 2.77. The molecule has 0 fully saturated rings. The van der Waals surface area contributed by atoms with Gasteiger partial charge in [-0.2, -0.15) is 0 Å². The Morgan fingerprint density at radius 1 is 0.833 bits per heavy atom. The lowest BCUT2D eigenvalue weighted by Crippen LogP contribution is -2.29. The molecule has 5 heteroatoms. The summed E-state index contributed by atoms with van der Waals surface area (Å²) in [7, 11) is 0. The Hall–Kier alpha value is -2.40. The molecule has 30 heavy (non-hydrogen) atoms. The Bertz CT molecular complexity index is 877. The molecule has 0 spiro atoms. The van der Waals surface area contributed by atoms with Gasteiger partial charge in [-0.1, -0.05) is 61.8 Å². The van der Waals surface area contributed by atoms with Gasteiger partial charge in [0.25, 0.3) is 0 Å². The van der Waals surface area contributed by atoms with Crippen LogP contribution < -0.4 is 4.74 Å². The predicted octanol–water partition coefficient (Wildman–Crippen LogP) is 5.48. The molecule has 3 nitrogen and oxygen atoms in total. The average molecular weight is 428 g/mol. The maximum atomic E-state index is 13.5. The van der Waals surface area contributed by atoms with E-state index in [1.54, 1.807) is 36.4 Å². The first-order valence-corrected chi connectivity index (χ1v) is 10.5. The highest BCUT2D eigenvalue weighted by Crippen LogP contribution is 2.37. The summed E-state index contributed by atoms with van der Waals surface area (Å²) in [6.07, 6.45) is 0. The second-order valence-corrected chi connectivity index (χ2v) is 7.56. The molecule has 1 N–H and O–H groups in total. The Kier molecular flexibility index (Phi) is 7.48. The molecule has 0 aromatic heterocycles. The minimum absolute atomic E-state index is 0.353. The lowest BCUT2D eigenvalue weighted by molar-refractivity contribution is 0.125. The minimum Gasteiger partial charge on any atom is -0.492 e. The molecule has 0 aliphatic rings. The van der Waals surface area contributed by atoms with Crippen LogP contribution in [0, 0.1) is 5.82 Å². The quantitative estimate of drug-likeness (QED) is 0.459. The Morgan fingerprint density at radius 2 is 1.30 bits per heavy atom. The van der Waals surface area contributed by atoms with Crippen molar-refractivity contribution < 1.29 is 14.2 Å². The molecule has 0 aliphatic heterocycles. The molecule has 0 saturated carbocycles. The molecule has 1 atom stereocenters.